The summed E-state index contributed by atoms with van der Waals surface area (Å²) in [4.78, 5) is 7.97. The summed E-state index contributed by atoms with van der Waals surface area (Å²) >= 11 is 1.59. The Labute approximate surface area is 104 Å². The Balaban J connectivity index is 2.21. The van der Waals surface area contributed by atoms with Crippen LogP contribution in [0.2, 0.25) is 0 Å². The van der Waals surface area contributed by atoms with Gasteiger partial charge in [-0.3, -0.25) is 0 Å². The molecule has 6 heteroatoms. The Kier molecular flexibility index (Phi) is 4.11. The highest BCUT2D eigenvalue weighted by Crippen LogP contribution is 2.26. The van der Waals surface area contributed by atoms with E-state index in [4.69, 9.17) is 0 Å². The van der Waals surface area contributed by atoms with Crippen LogP contribution >= 0.6 is 11.3 Å². The highest BCUT2D eigenvalue weighted by atomic mass is 32.1. The minimum absolute atomic E-state index is 0.288. The summed E-state index contributed by atoms with van der Waals surface area (Å²) in [7, 11) is 0. The van der Waals surface area contributed by atoms with Crippen molar-refractivity contribution in [2.45, 2.75) is 26.3 Å². The molecule has 1 N–H and O–H groups in total. The minimum Gasteiger partial charge on any atom is -0.308 e. The van der Waals surface area contributed by atoms with Crippen LogP contribution in [0, 0.1) is 0 Å². The molecule has 1 unspecified atom stereocenters. The molecule has 5 nitrogen and oxygen atoms in total. The first-order chi connectivity index (χ1) is 8.35. The van der Waals surface area contributed by atoms with Gasteiger partial charge in [-0.05, 0) is 13.0 Å². The van der Waals surface area contributed by atoms with Crippen molar-refractivity contribution in [3.8, 4) is 10.6 Å². The topological polar surface area (TPSA) is 63.6 Å². The second kappa shape index (κ2) is 5.79. The lowest BCUT2D eigenvalue weighted by molar-refractivity contribution is 0.531. The molecule has 2 aromatic rings. The second-order valence-electron chi connectivity index (χ2n) is 3.59. The molecule has 1 atom stereocenters. The third kappa shape index (κ3) is 2.83. The highest BCUT2D eigenvalue weighted by Gasteiger charge is 2.14. The predicted octanol–water partition coefficient (Wildman–Crippen LogP) is 2.06. The molecule has 0 amide bonds. The molecule has 0 aliphatic carbocycles. The first-order valence-electron chi connectivity index (χ1n) is 5.67. The maximum atomic E-state index is 4.23. The van der Waals surface area contributed by atoms with Gasteiger partial charge in [0.1, 0.15) is 11.3 Å². The van der Waals surface area contributed by atoms with Crippen LogP contribution in [0.5, 0.6) is 0 Å². The lowest BCUT2D eigenvalue weighted by Crippen LogP contribution is -2.19. The van der Waals surface area contributed by atoms with Crippen LogP contribution in [-0.2, 0) is 0 Å². The monoisotopic (exact) mass is 249 g/mol. The molecule has 17 heavy (non-hydrogen) atoms. The van der Waals surface area contributed by atoms with Crippen molar-refractivity contribution in [2.24, 2.45) is 0 Å². The zero-order chi connectivity index (χ0) is 12.1. The summed E-state index contributed by atoms with van der Waals surface area (Å²) in [5, 5.41) is 13.7. The van der Waals surface area contributed by atoms with Gasteiger partial charge >= 0.3 is 0 Å². The van der Waals surface area contributed by atoms with Gasteiger partial charge in [0, 0.05) is 18.0 Å². The van der Waals surface area contributed by atoms with E-state index >= 15 is 0 Å². The third-order valence-electron chi connectivity index (χ3n) is 2.41. The first-order valence-corrected chi connectivity index (χ1v) is 6.49. The molecule has 0 aliphatic rings. The Morgan fingerprint density at radius 3 is 2.65 bits per heavy atom. The fraction of sp³-hybridized carbons (Fsp3) is 0.455. The van der Waals surface area contributed by atoms with Crippen molar-refractivity contribution in [2.75, 3.05) is 6.54 Å². The van der Waals surface area contributed by atoms with Crippen LogP contribution in [0.1, 0.15) is 31.3 Å². The molecule has 0 spiro atoms. The fourth-order valence-electron chi connectivity index (χ4n) is 1.55. The molecule has 90 valence electrons. The van der Waals surface area contributed by atoms with E-state index in [1.807, 2.05) is 0 Å². The minimum atomic E-state index is 0.288. The van der Waals surface area contributed by atoms with E-state index in [-0.39, 0.29) is 6.04 Å². The molecule has 0 aromatic carbocycles. The number of aromatic nitrogens is 4. The van der Waals surface area contributed by atoms with E-state index in [0.29, 0.717) is 0 Å². The summed E-state index contributed by atoms with van der Waals surface area (Å²) in [6, 6.07) is 0.288. The van der Waals surface area contributed by atoms with Gasteiger partial charge in [0.15, 0.2) is 5.01 Å². The average Bonchev–Trinajstić information content (AvgIpc) is 2.86. The van der Waals surface area contributed by atoms with E-state index in [0.717, 1.165) is 28.5 Å². The SMILES string of the molecule is CCNC(CC)c1nnc(-c2cncnc2)s1. The van der Waals surface area contributed by atoms with Crippen molar-refractivity contribution in [1.29, 1.82) is 0 Å². The number of nitrogens with zero attached hydrogens (tertiary/aromatic N) is 4. The molecule has 2 heterocycles. The zero-order valence-corrected chi connectivity index (χ0v) is 10.7. The van der Waals surface area contributed by atoms with Crippen molar-refractivity contribution in [3.63, 3.8) is 0 Å². The molecule has 0 bridgehead atoms. The van der Waals surface area contributed by atoms with Crippen molar-refractivity contribution in [3.05, 3.63) is 23.7 Å². The van der Waals surface area contributed by atoms with Crippen molar-refractivity contribution in [1.82, 2.24) is 25.5 Å². The van der Waals surface area contributed by atoms with Crippen molar-refractivity contribution >= 4 is 11.3 Å². The van der Waals surface area contributed by atoms with Crippen LogP contribution in [0.4, 0.5) is 0 Å². The van der Waals surface area contributed by atoms with Gasteiger partial charge in [0.05, 0.1) is 6.04 Å². The lowest BCUT2D eigenvalue weighted by atomic mass is 10.2. The number of nitrogens with one attached hydrogen (secondary N) is 1. The number of hydrogen-bond donors (Lipinski definition) is 1. The molecule has 0 saturated heterocycles. The predicted molar refractivity (Wildman–Crippen MR) is 67.6 cm³/mol. The van der Waals surface area contributed by atoms with Gasteiger partial charge in [-0.15, -0.1) is 10.2 Å². The summed E-state index contributed by atoms with van der Waals surface area (Å²) in [6.07, 6.45) is 6.03. The van der Waals surface area contributed by atoms with Gasteiger partial charge in [0.25, 0.3) is 0 Å². The summed E-state index contributed by atoms with van der Waals surface area (Å²) in [5.74, 6) is 0. The van der Waals surface area contributed by atoms with E-state index in [2.05, 4.69) is 39.3 Å². The largest absolute Gasteiger partial charge is 0.308 e. The van der Waals surface area contributed by atoms with Crippen LogP contribution in [0.25, 0.3) is 10.6 Å². The van der Waals surface area contributed by atoms with Gasteiger partial charge in [-0.1, -0.05) is 25.2 Å². The molecule has 0 radical (unpaired) electrons. The maximum Gasteiger partial charge on any atom is 0.150 e. The maximum absolute atomic E-state index is 4.23. The third-order valence-corrected chi connectivity index (χ3v) is 3.49. The zero-order valence-electron chi connectivity index (χ0n) is 9.92. The van der Waals surface area contributed by atoms with E-state index in [1.54, 1.807) is 23.7 Å². The quantitative estimate of drug-likeness (QED) is 0.878. The van der Waals surface area contributed by atoms with Gasteiger partial charge < -0.3 is 5.32 Å². The Hall–Kier alpha value is -1.40. The normalized spacial score (nSPS) is 12.6. The number of hydrogen-bond acceptors (Lipinski definition) is 6. The molecule has 0 fully saturated rings. The molecule has 2 rings (SSSR count). The average molecular weight is 249 g/mol. The molecular weight excluding hydrogens is 234 g/mol. The van der Waals surface area contributed by atoms with Crippen molar-refractivity contribution < 1.29 is 0 Å². The molecular formula is C11H15N5S. The smallest absolute Gasteiger partial charge is 0.150 e. The molecule has 0 saturated carbocycles. The summed E-state index contributed by atoms with van der Waals surface area (Å²) in [5.41, 5.74) is 0.919. The van der Waals surface area contributed by atoms with Crippen LogP contribution < -0.4 is 5.32 Å². The highest BCUT2D eigenvalue weighted by molar-refractivity contribution is 7.14. The van der Waals surface area contributed by atoms with E-state index < -0.39 is 0 Å². The van der Waals surface area contributed by atoms with E-state index in [1.165, 1.54) is 6.33 Å². The molecule has 0 aliphatic heterocycles. The van der Waals surface area contributed by atoms with Gasteiger partial charge in [-0.2, -0.15) is 0 Å². The number of rotatable bonds is 5. The fourth-order valence-corrected chi connectivity index (χ4v) is 2.53. The standard InChI is InChI=1S/C11H15N5S/c1-3-9(14-4-2)11-16-15-10(17-11)8-5-12-7-13-6-8/h5-7,9,14H,3-4H2,1-2H3. The summed E-state index contributed by atoms with van der Waals surface area (Å²) < 4.78 is 0. The Bertz CT molecular complexity index is 456. The van der Waals surface area contributed by atoms with Gasteiger partial charge in [0.2, 0.25) is 0 Å². The van der Waals surface area contributed by atoms with Crippen LogP contribution in [-0.4, -0.2) is 26.7 Å². The van der Waals surface area contributed by atoms with Gasteiger partial charge in [-0.25, -0.2) is 9.97 Å². The Morgan fingerprint density at radius 1 is 1.24 bits per heavy atom. The molecule has 2 aromatic heterocycles. The Morgan fingerprint density at radius 2 is 2.00 bits per heavy atom. The van der Waals surface area contributed by atoms with Crippen LogP contribution in [0.3, 0.4) is 0 Å². The first kappa shape index (κ1) is 12.1. The second-order valence-corrected chi connectivity index (χ2v) is 4.60. The van der Waals surface area contributed by atoms with E-state index in [9.17, 15) is 0 Å². The summed E-state index contributed by atoms with van der Waals surface area (Å²) in [6.45, 7) is 5.16. The van der Waals surface area contributed by atoms with Crippen LogP contribution in [0.15, 0.2) is 18.7 Å². The lowest BCUT2D eigenvalue weighted by Gasteiger charge is -2.10.